The molecule has 4 rings (SSSR count). The number of amides is 1. The van der Waals surface area contributed by atoms with Crippen molar-refractivity contribution in [1.82, 2.24) is 14.9 Å². The normalized spacial score (nSPS) is 20.9. The van der Waals surface area contributed by atoms with Crippen molar-refractivity contribution in [3.05, 3.63) is 47.7 Å². The molecular formula is C20H22FN7O. The molecule has 2 aliphatic heterocycles. The summed E-state index contributed by atoms with van der Waals surface area (Å²) < 4.78 is 13.8. The number of halogens is 1. The summed E-state index contributed by atoms with van der Waals surface area (Å²) in [5, 5.41) is 10.8. The summed E-state index contributed by atoms with van der Waals surface area (Å²) in [6, 6.07) is 4.16. The topological polar surface area (TPSA) is 97.6 Å². The number of carbonyl (C=O) groups excluding carboxylic acids is 1. The van der Waals surface area contributed by atoms with Crippen LogP contribution in [0, 0.1) is 24.1 Å². The average molecular weight is 395 g/mol. The number of hydrazone groups is 1. The van der Waals surface area contributed by atoms with Crippen LogP contribution in [0.1, 0.15) is 22.5 Å². The summed E-state index contributed by atoms with van der Waals surface area (Å²) in [6.07, 6.45) is 6.52. The van der Waals surface area contributed by atoms with Crippen molar-refractivity contribution in [2.24, 2.45) is 11.0 Å². The first-order valence-corrected chi connectivity index (χ1v) is 9.49. The van der Waals surface area contributed by atoms with E-state index >= 15 is 0 Å². The van der Waals surface area contributed by atoms with Crippen molar-refractivity contribution in [3.8, 4) is 0 Å². The maximum Gasteiger partial charge on any atom is 0.256 e. The Labute approximate surface area is 168 Å². The van der Waals surface area contributed by atoms with Gasteiger partial charge in [0, 0.05) is 44.2 Å². The molecule has 0 radical (unpaired) electrons. The minimum atomic E-state index is -0.481. The molecule has 8 nitrogen and oxygen atoms in total. The lowest BCUT2D eigenvalue weighted by Gasteiger charge is -2.54. The highest BCUT2D eigenvalue weighted by Gasteiger charge is 2.45. The van der Waals surface area contributed by atoms with Crippen LogP contribution in [0.25, 0.3) is 0 Å². The molecule has 2 aromatic rings. The third-order valence-electron chi connectivity index (χ3n) is 5.51. The number of piperidine rings is 1. The van der Waals surface area contributed by atoms with E-state index in [0.29, 0.717) is 24.7 Å². The third-order valence-corrected chi connectivity index (χ3v) is 5.51. The van der Waals surface area contributed by atoms with Crippen LogP contribution in [-0.4, -0.2) is 58.9 Å². The molecule has 1 aromatic heterocycles. The molecule has 3 heterocycles. The van der Waals surface area contributed by atoms with Crippen molar-refractivity contribution in [2.45, 2.75) is 19.4 Å². The Hall–Kier alpha value is -3.36. The molecule has 9 heteroatoms. The van der Waals surface area contributed by atoms with E-state index in [-0.39, 0.29) is 17.5 Å². The summed E-state index contributed by atoms with van der Waals surface area (Å²) in [5.41, 5.74) is 4.22. The maximum absolute atomic E-state index is 13.8. The van der Waals surface area contributed by atoms with Gasteiger partial charge in [-0.3, -0.25) is 15.2 Å². The van der Waals surface area contributed by atoms with E-state index < -0.39 is 5.82 Å². The zero-order valence-electron chi connectivity index (χ0n) is 16.0. The highest BCUT2D eigenvalue weighted by molar-refractivity contribution is 6.14. The summed E-state index contributed by atoms with van der Waals surface area (Å²) in [4.78, 5) is 25.9. The van der Waals surface area contributed by atoms with Crippen molar-refractivity contribution in [2.75, 3.05) is 30.0 Å². The largest absolute Gasteiger partial charge is 0.350 e. The number of hydrogen-bond acceptors (Lipinski definition) is 7. The molecule has 0 spiro atoms. The number of aromatic nitrogens is 2. The number of anilines is 2. The predicted octanol–water partition coefficient (Wildman–Crippen LogP) is 2.32. The summed E-state index contributed by atoms with van der Waals surface area (Å²) in [5.74, 6) is 0.656. The van der Waals surface area contributed by atoms with E-state index in [2.05, 4.69) is 25.4 Å². The van der Waals surface area contributed by atoms with Gasteiger partial charge < -0.3 is 15.2 Å². The molecule has 29 heavy (non-hydrogen) atoms. The highest BCUT2D eigenvalue weighted by Crippen LogP contribution is 2.37. The van der Waals surface area contributed by atoms with E-state index in [4.69, 9.17) is 5.41 Å². The minimum Gasteiger partial charge on any atom is -0.350 e. The molecule has 2 aliphatic rings. The zero-order chi connectivity index (χ0) is 20.4. The molecule has 0 aliphatic carbocycles. The lowest BCUT2D eigenvalue weighted by Crippen LogP contribution is -2.65. The van der Waals surface area contributed by atoms with Gasteiger partial charge in [0.15, 0.2) is 0 Å². The van der Waals surface area contributed by atoms with Gasteiger partial charge in [0.05, 0.1) is 29.2 Å². The number of nitrogens with one attached hydrogen (secondary N) is 2. The summed E-state index contributed by atoms with van der Waals surface area (Å²) in [7, 11) is 0. The molecule has 2 atom stereocenters. The first kappa shape index (κ1) is 19.0. The first-order valence-electron chi connectivity index (χ1n) is 9.49. The molecule has 2 unspecified atom stereocenters. The Balaban J connectivity index is 1.53. The fraction of sp³-hybridized carbons (Fsp3) is 0.350. The van der Waals surface area contributed by atoms with Crippen molar-refractivity contribution in [1.29, 1.82) is 5.41 Å². The summed E-state index contributed by atoms with van der Waals surface area (Å²) in [6.45, 7) is 4.03. The second-order valence-electron chi connectivity index (χ2n) is 7.23. The second kappa shape index (κ2) is 7.94. The van der Waals surface area contributed by atoms with E-state index in [1.54, 1.807) is 17.3 Å². The quantitative estimate of drug-likeness (QED) is 0.598. The number of hydrogen-bond donors (Lipinski definition) is 2. The first-order chi connectivity index (χ1) is 14.1. The molecule has 0 bridgehead atoms. The fourth-order valence-corrected chi connectivity index (χ4v) is 4.01. The molecule has 2 saturated heterocycles. The Kier molecular flexibility index (Phi) is 5.20. The van der Waals surface area contributed by atoms with Gasteiger partial charge in [0.25, 0.3) is 5.91 Å². The number of carbonyl (C=O) groups is 1. The van der Waals surface area contributed by atoms with Crippen LogP contribution < -0.4 is 10.3 Å². The van der Waals surface area contributed by atoms with Crippen LogP contribution in [0.15, 0.2) is 35.7 Å². The number of aryl methyl sites for hydroxylation is 1. The number of rotatable bonds is 5. The van der Waals surface area contributed by atoms with E-state index in [0.717, 1.165) is 30.7 Å². The SMILES string of the molecule is Cc1nccnc1N1CC2CCN(C(=O)c3cc(F)ccc3N/N=C\C=N)CC21. The molecule has 2 N–H and O–H groups in total. The monoisotopic (exact) mass is 395 g/mol. The summed E-state index contributed by atoms with van der Waals surface area (Å²) >= 11 is 0. The molecule has 1 aromatic carbocycles. The number of nitrogens with zero attached hydrogens (tertiary/aromatic N) is 5. The Morgan fingerprint density at radius 2 is 2.17 bits per heavy atom. The van der Waals surface area contributed by atoms with E-state index in [1.807, 2.05) is 6.92 Å². The van der Waals surface area contributed by atoms with Gasteiger partial charge in [-0.05, 0) is 31.5 Å². The van der Waals surface area contributed by atoms with Crippen LogP contribution in [0.5, 0.6) is 0 Å². The van der Waals surface area contributed by atoms with Gasteiger partial charge in [0.2, 0.25) is 0 Å². The van der Waals surface area contributed by atoms with Crippen LogP contribution in [-0.2, 0) is 0 Å². The molecule has 0 saturated carbocycles. The Morgan fingerprint density at radius 1 is 1.34 bits per heavy atom. The van der Waals surface area contributed by atoms with Crippen LogP contribution in [0.3, 0.4) is 0 Å². The van der Waals surface area contributed by atoms with Crippen LogP contribution >= 0.6 is 0 Å². The van der Waals surface area contributed by atoms with Crippen molar-refractivity contribution >= 4 is 29.8 Å². The zero-order valence-corrected chi connectivity index (χ0v) is 16.0. The van der Waals surface area contributed by atoms with Gasteiger partial charge in [-0.2, -0.15) is 5.10 Å². The smallest absolute Gasteiger partial charge is 0.256 e. The Bertz CT molecular complexity index is 964. The van der Waals surface area contributed by atoms with E-state index in [9.17, 15) is 9.18 Å². The maximum atomic E-state index is 13.8. The Morgan fingerprint density at radius 3 is 2.97 bits per heavy atom. The standard InChI is InChI=1S/C20H22FN7O/c1-13-19(24-8-7-23-13)28-11-14-4-9-27(12-18(14)28)20(29)16-10-15(21)2-3-17(16)26-25-6-5-22/h2-3,5-8,10,14,18,22,26H,4,9,11-12H2,1H3/b22-5?,25-6-. The average Bonchev–Trinajstić information content (AvgIpc) is 2.71. The van der Waals surface area contributed by atoms with E-state index in [1.165, 1.54) is 24.4 Å². The lowest BCUT2D eigenvalue weighted by molar-refractivity contribution is 0.0591. The van der Waals surface area contributed by atoms with Gasteiger partial charge >= 0.3 is 0 Å². The predicted molar refractivity (Wildman–Crippen MR) is 109 cm³/mol. The molecule has 2 fully saturated rings. The van der Waals surface area contributed by atoms with Gasteiger partial charge in [-0.25, -0.2) is 9.37 Å². The molecular weight excluding hydrogens is 373 g/mol. The van der Waals surface area contributed by atoms with Crippen LogP contribution in [0.4, 0.5) is 15.9 Å². The fourth-order valence-electron chi connectivity index (χ4n) is 4.01. The molecule has 150 valence electrons. The number of likely N-dealkylation sites (tertiary alicyclic amines) is 1. The van der Waals surface area contributed by atoms with Crippen molar-refractivity contribution < 1.29 is 9.18 Å². The van der Waals surface area contributed by atoms with Gasteiger partial charge in [-0.15, -0.1) is 0 Å². The van der Waals surface area contributed by atoms with Gasteiger partial charge in [0.1, 0.15) is 11.6 Å². The molecule has 1 amide bonds. The highest BCUT2D eigenvalue weighted by atomic mass is 19.1. The third kappa shape index (κ3) is 3.67. The van der Waals surface area contributed by atoms with Crippen LogP contribution in [0.2, 0.25) is 0 Å². The number of benzene rings is 1. The lowest BCUT2D eigenvalue weighted by atomic mass is 9.82. The minimum absolute atomic E-state index is 0.184. The number of fused-ring (bicyclic) bond motifs is 1. The van der Waals surface area contributed by atoms with Gasteiger partial charge in [-0.1, -0.05) is 0 Å². The van der Waals surface area contributed by atoms with Crippen molar-refractivity contribution in [3.63, 3.8) is 0 Å². The second-order valence-corrected chi connectivity index (χ2v) is 7.23.